The Hall–Kier alpha value is -3.25. The molecule has 0 aliphatic carbocycles. The van der Waals surface area contributed by atoms with Crippen molar-refractivity contribution in [2.75, 3.05) is 6.54 Å². The van der Waals surface area contributed by atoms with Gasteiger partial charge in [-0.3, -0.25) is 9.59 Å². The van der Waals surface area contributed by atoms with Crippen molar-refractivity contribution >= 4 is 38.7 Å². The van der Waals surface area contributed by atoms with Gasteiger partial charge < -0.3 is 9.88 Å². The van der Waals surface area contributed by atoms with Crippen molar-refractivity contribution in [2.24, 2.45) is 0 Å². The Labute approximate surface area is 182 Å². The van der Waals surface area contributed by atoms with Gasteiger partial charge >= 0.3 is 0 Å². The molecule has 4 aromatic rings. The van der Waals surface area contributed by atoms with E-state index >= 15 is 0 Å². The number of nitrogens with zero attached hydrogens (tertiary/aromatic N) is 2. The van der Waals surface area contributed by atoms with Crippen LogP contribution in [0.25, 0.3) is 11.0 Å². The van der Waals surface area contributed by atoms with Crippen LogP contribution in [0.1, 0.15) is 21.7 Å². The summed E-state index contributed by atoms with van der Waals surface area (Å²) in [7, 11) is 0. The SMILES string of the molecule is O=C(Cn1c(C(=O)c2ccc(Br)cc2)nc2ccccc21)NCCc1ccccc1. The Kier molecular flexibility index (Phi) is 6.05. The van der Waals surface area contributed by atoms with Crippen LogP contribution in [0, 0.1) is 0 Å². The molecule has 0 unspecified atom stereocenters. The molecule has 0 fully saturated rings. The van der Waals surface area contributed by atoms with E-state index in [9.17, 15) is 9.59 Å². The van der Waals surface area contributed by atoms with Crippen molar-refractivity contribution in [3.8, 4) is 0 Å². The van der Waals surface area contributed by atoms with Crippen LogP contribution in [0.2, 0.25) is 0 Å². The van der Waals surface area contributed by atoms with Gasteiger partial charge in [0, 0.05) is 16.6 Å². The van der Waals surface area contributed by atoms with Gasteiger partial charge in [0.25, 0.3) is 0 Å². The van der Waals surface area contributed by atoms with Crippen LogP contribution < -0.4 is 5.32 Å². The van der Waals surface area contributed by atoms with Gasteiger partial charge in [0.2, 0.25) is 11.7 Å². The number of amides is 1. The molecular formula is C24H20BrN3O2. The van der Waals surface area contributed by atoms with E-state index in [2.05, 4.69) is 26.2 Å². The summed E-state index contributed by atoms with van der Waals surface area (Å²) in [5, 5.41) is 2.94. The van der Waals surface area contributed by atoms with E-state index in [1.165, 1.54) is 0 Å². The van der Waals surface area contributed by atoms with Gasteiger partial charge in [0.1, 0.15) is 6.54 Å². The Morgan fingerprint density at radius 3 is 2.37 bits per heavy atom. The second kappa shape index (κ2) is 9.05. The third-order valence-electron chi connectivity index (χ3n) is 4.84. The number of aromatic nitrogens is 2. The van der Waals surface area contributed by atoms with Crippen LogP contribution >= 0.6 is 15.9 Å². The fourth-order valence-electron chi connectivity index (χ4n) is 3.33. The van der Waals surface area contributed by atoms with Crippen molar-refractivity contribution in [3.63, 3.8) is 0 Å². The number of halogens is 1. The van der Waals surface area contributed by atoms with Crippen LogP contribution in [0.4, 0.5) is 0 Å². The minimum Gasteiger partial charge on any atom is -0.354 e. The first-order chi connectivity index (χ1) is 14.6. The van der Waals surface area contributed by atoms with Gasteiger partial charge in [-0.05, 0) is 48.4 Å². The second-order valence-corrected chi connectivity index (χ2v) is 7.85. The zero-order valence-corrected chi connectivity index (χ0v) is 17.8. The summed E-state index contributed by atoms with van der Waals surface area (Å²) < 4.78 is 2.59. The molecule has 0 atom stereocenters. The number of fused-ring (bicyclic) bond motifs is 1. The van der Waals surface area contributed by atoms with Crippen molar-refractivity contribution < 1.29 is 9.59 Å². The summed E-state index contributed by atoms with van der Waals surface area (Å²) in [6.07, 6.45) is 0.752. The number of benzene rings is 3. The normalized spacial score (nSPS) is 10.8. The third-order valence-corrected chi connectivity index (χ3v) is 5.37. The standard InChI is InChI=1S/C24H20BrN3O2/c25-19-12-10-18(11-13-19)23(30)24-27-20-8-4-5-9-21(20)28(24)16-22(29)26-15-14-17-6-2-1-3-7-17/h1-13H,14-16H2,(H,26,29). The fraction of sp³-hybridized carbons (Fsp3) is 0.125. The first-order valence-electron chi connectivity index (χ1n) is 9.68. The lowest BCUT2D eigenvalue weighted by Crippen LogP contribution is -2.30. The maximum Gasteiger partial charge on any atom is 0.240 e. The highest BCUT2D eigenvalue weighted by atomic mass is 79.9. The first-order valence-corrected chi connectivity index (χ1v) is 10.5. The van der Waals surface area contributed by atoms with E-state index in [-0.39, 0.29) is 24.1 Å². The Balaban J connectivity index is 1.55. The summed E-state index contributed by atoms with van der Waals surface area (Å²) in [4.78, 5) is 30.2. The molecule has 0 bridgehead atoms. The molecule has 0 aliphatic heterocycles. The lowest BCUT2D eigenvalue weighted by Gasteiger charge is -2.10. The number of imidazole rings is 1. The molecule has 0 saturated carbocycles. The number of para-hydroxylation sites is 2. The molecule has 1 amide bonds. The van der Waals surface area contributed by atoms with E-state index in [0.717, 1.165) is 22.0 Å². The van der Waals surface area contributed by atoms with E-state index in [1.807, 2.05) is 66.7 Å². The van der Waals surface area contributed by atoms with Crippen molar-refractivity contribution in [2.45, 2.75) is 13.0 Å². The summed E-state index contributed by atoms with van der Waals surface area (Å²) in [5.74, 6) is -0.105. The molecule has 150 valence electrons. The average molecular weight is 462 g/mol. The topological polar surface area (TPSA) is 64.0 Å². The van der Waals surface area contributed by atoms with Gasteiger partial charge in [-0.1, -0.05) is 58.4 Å². The summed E-state index contributed by atoms with van der Waals surface area (Å²) >= 11 is 3.38. The minimum absolute atomic E-state index is 0.0346. The molecule has 0 saturated heterocycles. The zero-order chi connectivity index (χ0) is 20.9. The summed E-state index contributed by atoms with van der Waals surface area (Å²) in [6.45, 7) is 0.568. The van der Waals surface area contributed by atoms with Gasteiger partial charge in [-0.25, -0.2) is 4.98 Å². The molecule has 1 aromatic heterocycles. The van der Waals surface area contributed by atoms with E-state index in [4.69, 9.17) is 0 Å². The van der Waals surface area contributed by atoms with Gasteiger partial charge in [0.15, 0.2) is 5.82 Å². The average Bonchev–Trinajstić information content (AvgIpc) is 3.13. The number of rotatable bonds is 7. The van der Waals surface area contributed by atoms with Crippen molar-refractivity contribution in [1.82, 2.24) is 14.9 Å². The number of carbonyl (C=O) groups is 2. The van der Waals surface area contributed by atoms with Crippen LogP contribution in [-0.4, -0.2) is 27.8 Å². The monoisotopic (exact) mass is 461 g/mol. The molecule has 1 heterocycles. The minimum atomic E-state index is -0.212. The quantitative estimate of drug-likeness (QED) is 0.415. The zero-order valence-electron chi connectivity index (χ0n) is 16.2. The van der Waals surface area contributed by atoms with Gasteiger partial charge in [-0.15, -0.1) is 0 Å². The number of nitrogens with one attached hydrogen (secondary N) is 1. The highest BCUT2D eigenvalue weighted by Crippen LogP contribution is 2.20. The van der Waals surface area contributed by atoms with E-state index < -0.39 is 0 Å². The van der Waals surface area contributed by atoms with E-state index in [0.29, 0.717) is 17.6 Å². The predicted molar refractivity (Wildman–Crippen MR) is 120 cm³/mol. The van der Waals surface area contributed by atoms with Crippen molar-refractivity contribution in [1.29, 1.82) is 0 Å². The number of hydrogen-bond donors (Lipinski definition) is 1. The van der Waals surface area contributed by atoms with Crippen LogP contribution in [0.5, 0.6) is 0 Å². The molecule has 0 radical (unpaired) electrons. The van der Waals surface area contributed by atoms with Gasteiger partial charge in [-0.2, -0.15) is 0 Å². The van der Waals surface area contributed by atoms with Gasteiger partial charge in [0.05, 0.1) is 11.0 Å². The maximum absolute atomic E-state index is 13.1. The number of ketones is 1. The highest BCUT2D eigenvalue weighted by molar-refractivity contribution is 9.10. The predicted octanol–water partition coefficient (Wildman–Crippen LogP) is 4.39. The molecule has 6 heteroatoms. The van der Waals surface area contributed by atoms with Crippen LogP contribution in [-0.2, 0) is 17.8 Å². The first kappa shape index (κ1) is 20.0. The van der Waals surface area contributed by atoms with Crippen LogP contribution in [0.3, 0.4) is 0 Å². The Bertz CT molecular complexity index is 1180. The molecule has 0 aliphatic rings. The largest absolute Gasteiger partial charge is 0.354 e. The highest BCUT2D eigenvalue weighted by Gasteiger charge is 2.20. The maximum atomic E-state index is 13.1. The number of carbonyl (C=O) groups excluding carboxylic acids is 2. The molecular weight excluding hydrogens is 442 g/mol. The summed E-state index contributed by atoms with van der Waals surface area (Å²) in [6, 6.07) is 24.6. The Morgan fingerprint density at radius 1 is 0.900 bits per heavy atom. The Morgan fingerprint density at radius 2 is 1.60 bits per heavy atom. The van der Waals surface area contributed by atoms with Crippen LogP contribution in [0.15, 0.2) is 83.3 Å². The third kappa shape index (κ3) is 4.49. The lowest BCUT2D eigenvalue weighted by molar-refractivity contribution is -0.121. The molecule has 1 N–H and O–H groups in total. The molecule has 0 spiro atoms. The molecule has 30 heavy (non-hydrogen) atoms. The molecule has 4 rings (SSSR count). The van der Waals surface area contributed by atoms with E-state index in [1.54, 1.807) is 16.7 Å². The smallest absolute Gasteiger partial charge is 0.240 e. The molecule has 3 aromatic carbocycles. The fourth-order valence-corrected chi connectivity index (χ4v) is 3.59. The number of hydrogen-bond acceptors (Lipinski definition) is 3. The molecule has 5 nitrogen and oxygen atoms in total. The summed E-state index contributed by atoms with van der Waals surface area (Å²) in [5.41, 5.74) is 3.14. The van der Waals surface area contributed by atoms with Crippen molar-refractivity contribution in [3.05, 3.63) is 100 Å². The second-order valence-electron chi connectivity index (χ2n) is 6.93. The lowest BCUT2D eigenvalue weighted by atomic mass is 10.1.